The van der Waals surface area contributed by atoms with Crippen LogP contribution in [0.4, 0.5) is 5.69 Å². The molecule has 272 valence electrons. The van der Waals surface area contributed by atoms with Crippen LogP contribution >= 0.6 is 0 Å². The first-order chi connectivity index (χ1) is 24.0. The molecule has 0 spiro atoms. The Hall–Kier alpha value is -3.97. The Morgan fingerprint density at radius 1 is 0.940 bits per heavy atom. The number of nitrogens with one attached hydrogen (secondary N) is 3. The first kappa shape index (κ1) is 38.8. The third-order valence-corrected chi connectivity index (χ3v) is 8.67. The van der Waals surface area contributed by atoms with Gasteiger partial charge in [-0.2, -0.15) is 0 Å². The molecule has 4 rings (SSSR count). The van der Waals surface area contributed by atoms with E-state index in [1.165, 1.54) is 0 Å². The van der Waals surface area contributed by atoms with Crippen LogP contribution in [-0.2, 0) is 36.9 Å². The van der Waals surface area contributed by atoms with Gasteiger partial charge in [0.05, 0.1) is 43.4 Å². The van der Waals surface area contributed by atoms with E-state index < -0.39 is 5.60 Å². The fourth-order valence-corrected chi connectivity index (χ4v) is 5.68. The van der Waals surface area contributed by atoms with Crippen molar-refractivity contribution in [3.05, 3.63) is 54.1 Å². The van der Waals surface area contributed by atoms with Crippen molar-refractivity contribution in [1.82, 2.24) is 30.9 Å². The van der Waals surface area contributed by atoms with E-state index in [1.807, 2.05) is 74.8 Å². The molecule has 0 saturated carbocycles. The molecule has 2 aromatic carbocycles. The molecule has 0 fully saturated rings. The summed E-state index contributed by atoms with van der Waals surface area (Å²) >= 11 is 0. The second kappa shape index (κ2) is 18.9. The number of carbonyl (C=O) groups excluding carboxylic acids is 3. The quantitative estimate of drug-likeness (QED) is 0.114. The third-order valence-electron chi connectivity index (χ3n) is 8.67. The van der Waals surface area contributed by atoms with E-state index in [0.29, 0.717) is 45.3 Å². The maximum absolute atomic E-state index is 13.8. The van der Waals surface area contributed by atoms with Gasteiger partial charge in [-0.1, -0.05) is 75.4 Å². The highest BCUT2D eigenvalue weighted by molar-refractivity contribution is 6.01. The Morgan fingerprint density at radius 2 is 1.68 bits per heavy atom. The van der Waals surface area contributed by atoms with Crippen LogP contribution in [0.25, 0.3) is 22.5 Å². The number of para-hydroxylation sites is 1. The van der Waals surface area contributed by atoms with Crippen LogP contribution in [0, 0.1) is 5.92 Å². The van der Waals surface area contributed by atoms with Crippen LogP contribution in [0.15, 0.2) is 48.5 Å². The van der Waals surface area contributed by atoms with Crippen LogP contribution in [0.3, 0.4) is 0 Å². The lowest BCUT2D eigenvalue weighted by Crippen LogP contribution is -2.37. The van der Waals surface area contributed by atoms with E-state index in [4.69, 9.17) is 9.47 Å². The number of ketones is 1. The summed E-state index contributed by atoms with van der Waals surface area (Å²) < 4.78 is 13.7. The van der Waals surface area contributed by atoms with Gasteiger partial charge < -0.3 is 25.0 Å². The summed E-state index contributed by atoms with van der Waals surface area (Å²) in [7, 11) is 0. The van der Waals surface area contributed by atoms with Gasteiger partial charge in [-0.15, -0.1) is 5.10 Å². The highest BCUT2D eigenvalue weighted by atomic mass is 16.5. The van der Waals surface area contributed by atoms with Gasteiger partial charge in [0.25, 0.3) is 0 Å². The van der Waals surface area contributed by atoms with Crippen LogP contribution < -0.4 is 20.9 Å². The molecule has 1 aromatic heterocycles. The summed E-state index contributed by atoms with van der Waals surface area (Å²) in [5.41, 5.74) is 4.66. The van der Waals surface area contributed by atoms with Crippen molar-refractivity contribution in [3.63, 3.8) is 0 Å². The summed E-state index contributed by atoms with van der Waals surface area (Å²) in [6.45, 7) is 15.9. The molecule has 0 saturated heterocycles. The number of anilines is 1. The fourth-order valence-electron chi connectivity index (χ4n) is 5.68. The SMILES string of the molecule is CC(C)NCCOCCCn1nnc2c1-c1ccccc1CN(C(=O)CCC(=O)NCCC(C)(C)OCNCC(=O)C(C)C)c1ccccc1-2. The summed E-state index contributed by atoms with van der Waals surface area (Å²) in [5, 5.41) is 18.5. The lowest BCUT2D eigenvalue weighted by Gasteiger charge is -2.28. The number of carbonyl (C=O) groups is 3. The molecule has 3 N–H and O–H groups in total. The lowest BCUT2D eigenvalue weighted by atomic mass is 9.95. The maximum atomic E-state index is 13.8. The molecule has 0 aliphatic carbocycles. The first-order valence-electron chi connectivity index (χ1n) is 17.8. The topological polar surface area (TPSA) is 140 Å². The summed E-state index contributed by atoms with van der Waals surface area (Å²) in [5.74, 6) is -0.230. The number of hydrogen-bond acceptors (Lipinski definition) is 9. The molecule has 2 heterocycles. The molecule has 3 aromatic rings. The molecule has 12 heteroatoms. The number of aromatic nitrogens is 3. The normalized spacial score (nSPS) is 12.7. The number of aryl methyl sites for hydroxylation is 1. The van der Waals surface area contributed by atoms with Gasteiger partial charge in [0.2, 0.25) is 11.8 Å². The Balaban J connectivity index is 1.37. The van der Waals surface area contributed by atoms with E-state index in [9.17, 15) is 14.4 Å². The van der Waals surface area contributed by atoms with Crippen molar-refractivity contribution in [2.45, 2.75) is 92.0 Å². The fraction of sp³-hybridized carbons (Fsp3) is 0.553. The average molecular weight is 690 g/mol. The molecular weight excluding hydrogens is 634 g/mol. The van der Waals surface area contributed by atoms with Crippen molar-refractivity contribution >= 4 is 23.3 Å². The number of amides is 2. The zero-order valence-electron chi connectivity index (χ0n) is 30.6. The van der Waals surface area contributed by atoms with E-state index in [0.717, 1.165) is 46.7 Å². The minimum atomic E-state index is -0.502. The molecule has 1 aliphatic heterocycles. The van der Waals surface area contributed by atoms with Crippen molar-refractivity contribution < 1.29 is 23.9 Å². The number of nitrogens with zero attached hydrogens (tertiary/aromatic N) is 4. The molecule has 2 amide bonds. The molecule has 12 nitrogen and oxygen atoms in total. The minimum absolute atomic E-state index is 0.0227. The second-order valence-corrected chi connectivity index (χ2v) is 13.9. The standard InChI is InChI=1S/C38H55N7O5/c1-27(2)33(46)24-39-26-50-38(5,6)18-19-41-34(47)16-17-35(48)44-25-29-12-7-8-13-30(29)37-36(31-14-9-10-15-32(31)44)42-43-45(37)21-11-22-49-23-20-40-28(3)4/h7-10,12-15,27-28,39-40H,11,16-26H2,1-6H3,(H,41,47). The summed E-state index contributed by atoms with van der Waals surface area (Å²) in [4.78, 5) is 40.2. The van der Waals surface area contributed by atoms with Gasteiger partial charge in [-0.3, -0.25) is 19.7 Å². The van der Waals surface area contributed by atoms with Gasteiger partial charge >= 0.3 is 0 Å². The van der Waals surface area contributed by atoms with Crippen molar-refractivity contribution in [3.8, 4) is 22.5 Å². The van der Waals surface area contributed by atoms with E-state index >= 15 is 0 Å². The average Bonchev–Trinajstić information content (AvgIpc) is 3.49. The minimum Gasteiger partial charge on any atom is -0.380 e. The Morgan fingerprint density at radius 3 is 2.44 bits per heavy atom. The number of ether oxygens (including phenoxy) is 2. The van der Waals surface area contributed by atoms with E-state index in [1.54, 1.807) is 4.90 Å². The van der Waals surface area contributed by atoms with Gasteiger partial charge in [0.15, 0.2) is 0 Å². The monoisotopic (exact) mass is 689 g/mol. The van der Waals surface area contributed by atoms with Gasteiger partial charge in [-0.05, 0) is 38.3 Å². The number of hydrogen-bond donors (Lipinski definition) is 3. The highest BCUT2D eigenvalue weighted by Crippen LogP contribution is 2.41. The summed E-state index contributed by atoms with van der Waals surface area (Å²) in [6.07, 6.45) is 1.49. The van der Waals surface area contributed by atoms with Crippen molar-refractivity contribution in [1.29, 1.82) is 0 Å². The molecule has 0 atom stereocenters. The number of rotatable bonds is 20. The molecule has 50 heavy (non-hydrogen) atoms. The van der Waals surface area contributed by atoms with Gasteiger partial charge in [-0.25, -0.2) is 4.68 Å². The van der Waals surface area contributed by atoms with E-state index in [2.05, 4.69) is 46.2 Å². The lowest BCUT2D eigenvalue weighted by molar-refractivity contribution is -0.125. The zero-order valence-corrected chi connectivity index (χ0v) is 30.6. The maximum Gasteiger partial charge on any atom is 0.227 e. The van der Waals surface area contributed by atoms with Crippen LogP contribution in [0.2, 0.25) is 0 Å². The number of fused-ring (bicyclic) bond motifs is 5. The molecule has 0 unspecified atom stereocenters. The van der Waals surface area contributed by atoms with Gasteiger partial charge in [0, 0.05) is 62.2 Å². The largest absolute Gasteiger partial charge is 0.380 e. The molecule has 0 radical (unpaired) electrons. The highest BCUT2D eigenvalue weighted by Gasteiger charge is 2.29. The smallest absolute Gasteiger partial charge is 0.227 e. The predicted octanol–water partition coefficient (Wildman–Crippen LogP) is 4.72. The third kappa shape index (κ3) is 11.3. The predicted molar refractivity (Wildman–Crippen MR) is 195 cm³/mol. The second-order valence-electron chi connectivity index (χ2n) is 13.9. The van der Waals surface area contributed by atoms with Crippen LogP contribution in [-0.4, -0.2) is 83.8 Å². The Kier molecular flexibility index (Phi) is 14.6. The van der Waals surface area contributed by atoms with E-state index in [-0.39, 0.29) is 49.6 Å². The molecule has 1 aliphatic rings. The van der Waals surface area contributed by atoms with Crippen LogP contribution in [0.5, 0.6) is 0 Å². The number of benzene rings is 2. The van der Waals surface area contributed by atoms with Crippen molar-refractivity contribution in [2.24, 2.45) is 5.92 Å². The van der Waals surface area contributed by atoms with Gasteiger partial charge in [0.1, 0.15) is 11.5 Å². The van der Waals surface area contributed by atoms with Crippen LogP contribution in [0.1, 0.15) is 72.8 Å². The molecule has 0 bridgehead atoms. The van der Waals surface area contributed by atoms with Crippen molar-refractivity contribution in [2.75, 3.05) is 44.5 Å². The summed E-state index contributed by atoms with van der Waals surface area (Å²) in [6, 6.07) is 16.2. The first-order valence-corrected chi connectivity index (χ1v) is 17.8. The number of Topliss-reactive ketones (excluding diaryl/α,β-unsaturated/α-hetero) is 1. The Labute approximate surface area is 296 Å². The zero-order chi connectivity index (χ0) is 36.1. The molecular formula is C38H55N7O5. The Bertz CT molecular complexity index is 1570.